The molecule has 7 heteroatoms. The molecule has 7 nitrogen and oxygen atoms in total. The van der Waals surface area contributed by atoms with E-state index in [1.54, 1.807) is 19.1 Å². The zero-order valence-corrected chi connectivity index (χ0v) is 11.5. The SMILES string of the molecule is CCOC(=O)NC(=O)c1coc2c(OC)cccc2c1=O. The Morgan fingerprint density at radius 1 is 1.33 bits per heavy atom. The second-order valence-corrected chi connectivity index (χ2v) is 3.99. The van der Waals surface area contributed by atoms with Crippen molar-refractivity contribution in [1.29, 1.82) is 0 Å². The van der Waals surface area contributed by atoms with Gasteiger partial charge < -0.3 is 13.9 Å². The predicted molar refractivity (Wildman–Crippen MR) is 73.5 cm³/mol. The number of rotatable bonds is 3. The van der Waals surface area contributed by atoms with Crippen molar-refractivity contribution in [2.24, 2.45) is 0 Å². The van der Waals surface area contributed by atoms with Gasteiger partial charge in [-0.2, -0.15) is 0 Å². The summed E-state index contributed by atoms with van der Waals surface area (Å²) in [5.74, 6) is -0.506. The number of imide groups is 1. The number of para-hydroxylation sites is 1. The van der Waals surface area contributed by atoms with Gasteiger partial charge in [0.05, 0.1) is 19.1 Å². The van der Waals surface area contributed by atoms with Gasteiger partial charge in [0.1, 0.15) is 11.8 Å². The monoisotopic (exact) mass is 291 g/mol. The molecule has 0 unspecified atom stereocenters. The molecule has 1 heterocycles. The van der Waals surface area contributed by atoms with E-state index in [0.29, 0.717) is 5.75 Å². The first-order chi connectivity index (χ1) is 10.1. The number of methoxy groups -OCH3 is 1. The van der Waals surface area contributed by atoms with Gasteiger partial charge in [-0.15, -0.1) is 0 Å². The highest BCUT2D eigenvalue weighted by molar-refractivity contribution is 6.04. The first-order valence-electron chi connectivity index (χ1n) is 6.15. The Morgan fingerprint density at radius 3 is 2.76 bits per heavy atom. The number of hydrogen-bond donors (Lipinski definition) is 1. The maximum atomic E-state index is 12.2. The summed E-state index contributed by atoms with van der Waals surface area (Å²) in [6, 6.07) is 4.74. The average Bonchev–Trinajstić information content (AvgIpc) is 2.47. The van der Waals surface area contributed by atoms with Gasteiger partial charge in [-0.3, -0.25) is 14.9 Å². The number of hydrogen-bond acceptors (Lipinski definition) is 6. The van der Waals surface area contributed by atoms with Crippen LogP contribution in [0.1, 0.15) is 17.3 Å². The van der Waals surface area contributed by atoms with Crippen LogP contribution in [0, 0.1) is 0 Å². The van der Waals surface area contributed by atoms with Crippen molar-refractivity contribution in [3.8, 4) is 5.75 Å². The first-order valence-corrected chi connectivity index (χ1v) is 6.15. The lowest BCUT2D eigenvalue weighted by molar-refractivity contribution is 0.0922. The van der Waals surface area contributed by atoms with Crippen LogP contribution in [0.2, 0.25) is 0 Å². The topological polar surface area (TPSA) is 94.8 Å². The molecule has 0 fully saturated rings. The first kappa shape index (κ1) is 14.6. The van der Waals surface area contributed by atoms with Gasteiger partial charge in [0.15, 0.2) is 11.3 Å². The minimum absolute atomic E-state index is 0.114. The van der Waals surface area contributed by atoms with E-state index in [9.17, 15) is 14.4 Å². The number of fused-ring (bicyclic) bond motifs is 1. The van der Waals surface area contributed by atoms with Crippen LogP contribution in [0.4, 0.5) is 4.79 Å². The molecule has 0 aliphatic carbocycles. The van der Waals surface area contributed by atoms with Crippen molar-refractivity contribution < 1.29 is 23.5 Å². The fourth-order valence-electron chi connectivity index (χ4n) is 1.78. The molecule has 2 rings (SSSR count). The number of carbonyl (C=O) groups excluding carboxylic acids is 2. The summed E-state index contributed by atoms with van der Waals surface area (Å²) in [6.07, 6.45) is 0.0644. The normalized spacial score (nSPS) is 10.2. The van der Waals surface area contributed by atoms with Gasteiger partial charge in [-0.1, -0.05) is 6.07 Å². The van der Waals surface area contributed by atoms with E-state index >= 15 is 0 Å². The van der Waals surface area contributed by atoms with Crippen LogP contribution in [-0.4, -0.2) is 25.7 Å². The molecule has 0 aliphatic rings. The lowest BCUT2D eigenvalue weighted by Crippen LogP contribution is -2.34. The van der Waals surface area contributed by atoms with Crippen molar-refractivity contribution >= 4 is 23.0 Å². The standard InChI is InChI=1S/C14H13NO6/c1-3-20-14(18)15-13(17)9-7-21-12-8(11(9)16)5-4-6-10(12)19-2/h4-7H,3H2,1-2H3,(H,15,17,18). The number of benzene rings is 1. The lowest BCUT2D eigenvalue weighted by atomic mass is 10.1. The lowest BCUT2D eigenvalue weighted by Gasteiger charge is -2.06. The van der Waals surface area contributed by atoms with E-state index in [-0.39, 0.29) is 23.1 Å². The van der Waals surface area contributed by atoms with Crippen molar-refractivity contribution in [2.45, 2.75) is 6.92 Å². The zero-order valence-electron chi connectivity index (χ0n) is 11.5. The Kier molecular flexibility index (Phi) is 4.22. The molecule has 0 saturated carbocycles. The molecule has 0 saturated heterocycles. The highest BCUT2D eigenvalue weighted by Crippen LogP contribution is 2.23. The minimum Gasteiger partial charge on any atom is -0.493 e. The predicted octanol–water partition coefficient (Wildman–Crippen LogP) is 1.69. The van der Waals surface area contributed by atoms with E-state index < -0.39 is 17.4 Å². The average molecular weight is 291 g/mol. The largest absolute Gasteiger partial charge is 0.493 e. The number of nitrogens with one attached hydrogen (secondary N) is 1. The molecular weight excluding hydrogens is 278 g/mol. The summed E-state index contributed by atoms with van der Waals surface area (Å²) in [5.41, 5.74) is -0.613. The molecule has 110 valence electrons. The Balaban J connectivity index is 2.43. The number of ether oxygens (including phenoxy) is 2. The molecule has 21 heavy (non-hydrogen) atoms. The van der Waals surface area contributed by atoms with Gasteiger partial charge in [-0.05, 0) is 19.1 Å². The van der Waals surface area contributed by atoms with E-state index in [1.807, 2.05) is 5.32 Å². The summed E-state index contributed by atoms with van der Waals surface area (Å²) in [7, 11) is 1.44. The Labute approximate surface area is 119 Å². The van der Waals surface area contributed by atoms with E-state index in [0.717, 1.165) is 6.26 Å². The van der Waals surface area contributed by atoms with Crippen LogP contribution in [0.25, 0.3) is 11.0 Å². The summed E-state index contributed by atoms with van der Waals surface area (Å²) in [5, 5.41) is 2.13. The fourth-order valence-corrected chi connectivity index (χ4v) is 1.78. The number of carbonyl (C=O) groups is 2. The summed E-state index contributed by atoms with van der Waals surface area (Å²) in [4.78, 5) is 35.3. The third-order valence-electron chi connectivity index (χ3n) is 2.72. The molecule has 1 N–H and O–H groups in total. The van der Waals surface area contributed by atoms with E-state index in [2.05, 4.69) is 4.74 Å². The molecule has 2 aromatic rings. The van der Waals surface area contributed by atoms with Crippen LogP contribution < -0.4 is 15.5 Å². The maximum Gasteiger partial charge on any atom is 0.414 e. The van der Waals surface area contributed by atoms with Gasteiger partial charge >= 0.3 is 6.09 Å². The Hall–Kier alpha value is -2.83. The molecule has 2 amide bonds. The van der Waals surface area contributed by atoms with Crippen LogP contribution in [0.15, 0.2) is 33.7 Å². The Bertz CT molecular complexity index is 749. The molecule has 0 aliphatic heterocycles. The van der Waals surface area contributed by atoms with Crippen molar-refractivity contribution in [3.05, 3.63) is 40.2 Å². The molecule has 0 atom stereocenters. The van der Waals surface area contributed by atoms with Gasteiger partial charge in [0.25, 0.3) is 5.91 Å². The molecule has 0 spiro atoms. The van der Waals surface area contributed by atoms with Crippen molar-refractivity contribution in [2.75, 3.05) is 13.7 Å². The smallest absolute Gasteiger partial charge is 0.414 e. The zero-order chi connectivity index (χ0) is 15.4. The summed E-state index contributed by atoms with van der Waals surface area (Å²) >= 11 is 0. The second-order valence-electron chi connectivity index (χ2n) is 3.99. The van der Waals surface area contributed by atoms with E-state index in [4.69, 9.17) is 9.15 Å². The molecule has 0 bridgehead atoms. The van der Waals surface area contributed by atoms with Crippen LogP contribution in [0.5, 0.6) is 5.75 Å². The summed E-state index contributed by atoms with van der Waals surface area (Å²) < 4.78 is 14.9. The van der Waals surface area contributed by atoms with Crippen LogP contribution in [0.3, 0.4) is 0 Å². The van der Waals surface area contributed by atoms with Crippen LogP contribution >= 0.6 is 0 Å². The van der Waals surface area contributed by atoms with Crippen molar-refractivity contribution in [3.63, 3.8) is 0 Å². The number of alkyl carbamates (subject to hydrolysis) is 1. The quantitative estimate of drug-likeness (QED) is 0.924. The third-order valence-corrected chi connectivity index (χ3v) is 2.72. The Morgan fingerprint density at radius 2 is 2.10 bits per heavy atom. The highest BCUT2D eigenvalue weighted by atomic mass is 16.5. The van der Waals surface area contributed by atoms with E-state index in [1.165, 1.54) is 13.2 Å². The molecular formula is C14H13NO6. The molecule has 1 aromatic carbocycles. The van der Waals surface area contributed by atoms with Gasteiger partial charge in [0, 0.05) is 0 Å². The second kappa shape index (κ2) is 6.08. The summed E-state index contributed by atoms with van der Waals surface area (Å²) in [6.45, 7) is 1.71. The maximum absolute atomic E-state index is 12.2. The fraction of sp³-hybridized carbons (Fsp3) is 0.214. The highest BCUT2D eigenvalue weighted by Gasteiger charge is 2.18. The molecule has 0 radical (unpaired) electrons. The van der Waals surface area contributed by atoms with Gasteiger partial charge in [-0.25, -0.2) is 4.79 Å². The third kappa shape index (κ3) is 2.86. The van der Waals surface area contributed by atoms with Crippen LogP contribution in [-0.2, 0) is 4.74 Å². The number of amides is 2. The molecule has 1 aromatic heterocycles. The van der Waals surface area contributed by atoms with Gasteiger partial charge in [0.2, 0.25) is 5.43 Å². The minimum atomic E-state index is -0.923. The van der Waals surface area contributed by atoms with Crippen molar-refractivity contribution in [1.82, 2.24) is 5.32 Å².